The van der Waals surface area contributed by atoms with Gasteiger partial charge in [-0.3, -0.25) is 9.58 Å². The Morgan fingerprint density at radius 2 is 2.00 bits per heavy atom. The first-order valence-electron chi connectivity index (χ1n) is 8.54. The molecule has 3 aromatic heterocycles. The van der Waals surface area contributed by atoms with E-state index in [1.54, 1.807) is 0 Å². The van der Waals surface area contributed by atoms with Crippen molar-refractivity contribution in [2.24, 2.45) is 7.05 Å². The molecule has 0 aliphatic carbocycles. The molecule has 4 heterocycles. The number of thiazole rings is 1. The maximum atomic E-state index is 4.91. The number of likely N-dealkylation sites (tertiary alicyclic amines) is 1. The van der Waals surface area contributed by atoms with Gasteiger partial charge in [0.2, 0.25) is 0 Å². The first-order valence-corrected chi connectivity index (χ1v) is 9.35. The molecule has 0 spiro atoms. The fraction of sp³-hybridized carbons (Fsp3) is 0.500. The Hall–Kier alpha value is -1.79. The van der Waals surface area contributed by atoms with Crippen molar-refractivity contribution < 1.29 is 0 Å². The van der Waals surface area contributed by atoms with Crippen LogP contribution >= 0.6 is 11.3 Å². The summed E-state index contributed by atoms with van der Waals surface area (Å²) in [6.45, 7) is 7.41. The van der Waals surface area contributed by atoms with Gasteiger partial charge >= 0.3 is 0 Å². The monoisotopic (exact) mass is 341 g/mol. The van der Waals surface area contributed by atoms with E-state index in [4.69, 9.17) is 4.98 Å². The third kappa shape index (κ3) is 2.96. The smallest absolute Gasteiger partial charge is 0.158 e. The van der Waals surface area contributed by atoms with Gasteiger partial charge < -0.3 is 0 Å². The minimum Gasteiger partial charge on any atom is -0.298 e. The lowest BCUT2D eigenvalue weighted by molar-refractivity contribution is 0.205. The van der Waals surface area contributed by atoms with Gasteiger partial charge in [-0.1, -0.05) is 0 Å². The zero-order valence-corrected chi connectivity index (χ0v) is 15.3. The van der Waals surface area contributed by atoms with Crippen molar-refractivity contribution in [2.45, 2.75) is 39.2 Å². The van der Waals surface area contributed by atoms with E-state index in [2.05, 4.69) is 34.0 Å². The SMILES string of the molecule is Cc1ncc(CN2CCC(c3ccc4c(C)nn(C)c4n3)CC2)s1. The van der Waals surface area contributed by atoms with E-state index in [0.717, 1.165) is 36.0 Å². The average Bonchev–Trinajstić information content (AvgIpc) is 3.11. The highest BCUT2D eigenvalue weighted by atomic mass is 32.1. The second kappa shape index (κ2) is 6.26. The van der Waals surface area contributed by atoms with Crippen molar-refractivity contribution in [1.29, 1.82) is 0 Å². The Bertz CT molecular complexity index is 858. The summed E-state index contributed by atoms with van der Waals surface area (Å²) in [6, 6.07) is 4.39. The Morgan fingerprint density at radius 1 is 1.21 bits per heavy atom. The van der Waals surface area contributed by atoms with Crippen LogP contribution in [0.4, 0.5) is 0 Å². The predicted octanol–water partition coefficient (Wildman–Crippen LogP) is 3.42. The van der Waals surface area contributed by atoms with Gasteiger partial charge in [0, 0.05) is 41.7 Å². The average molecular weight is 341 g/mol. The van der Waals surface area contributed by atoms with Gasteiger partial charge in [0.15, 0.2) is 5.65 Å². The van der Waals surface area contributed by atoms with E-state index >= 15 is 0 Å². The summed E-state index contributed by atoms with van der Waals surface area (Å²) in [6.07, 6.45) is 4.37. The maximum absolute atomic E-state index is 4.91. The molecule has 1 aliphatic heterocycles. The number of hydrogen-bond donors (Lipinski definition) is 0. The zero-order chi connectivity index (χ0) is 16.7. The third-order valence-corrected chi connectivity index (χ3v) is 5.84. The Kier molecular flexibility index (Phi) is 4.10. The van der Waals surface area contributed by atoms with Crippen LogP contribution in [-0.2, 0) is 13.6 Å². The summed E-state index contributed by atoms with van der Waals surface area (Å²) in [5, 5.41) is 6.80. The molecular formula is C18H23N5S. The van der Waals surface area contributed by atoms with E-state index in [1.165, 1.54) is 28.8 Å². The molecule has 1 aliphatic rings. The van der Waals surface area contributed by atoms with Crippen LogP contribution in [0, 0.1) is 13.8 Å². The highest BCUT2D eigenvalue weighted by Gasteiger charge is 2.22. The van der Waals surface area contributed by atoms with Crippen LogP contribution in [0.1, 0.15) is 40.0 Å². The fourth-order valence-corrected chi connectivity index (χ4v) is 4.47. The van der Waals surface area contributed by atoms with Crippen LogP contribution in [0.3, 0.4) is 0 Å². The molecule has 0 bridgehead atoms. The van der Waals surface area contributed by atoms with E-state index in [0.29, 0.717) is 5.92 Å². The number of aryl methyl sites for hydroxylation is 3. The molecule has 0 saturated carbocycles. The van der Waals surface area contributed by atoms with Crippen molar-refractivity contribution in [1.82, 2.24) is 24.6 Å². The first-order chi connectivity index (χ1) is 11.6. The topological polar surface area (TPSA) is 46.8 Å². The summed E-state index contributed by atoms with van der Waals surface area (Å²) in [7, 11) is 1.98. The lowest BCUT2D eigenvalue weighted by Gasteiger charge is -2.31. The maximum Gasteiger partial charge on any atom is 0.158 e. The zero-order valence-electron chi connectivity index (χ0n) is 14.5. The molecule has 24 heavy (non-hydrogen) atoms. The highest BCUT2D eigenvalue weighted by molar-refractivity contribution is 7.11. The molecule has 0 aromatic carbocycles. The van der Waals surface area contributed by atoms with Gasteiger partial charge in [0.05, 0.1) is 10.7 Å². The summed E-state index contributed by atoms with van der Waals surface area (Å²) in [5.41, 5.74) is 3.28. The normalized spacial score (nSPS) is 17.0. The van der Waals surface area contributed by atoms with Gasteiger partial charge in [0.25, 0.3) is 0 Å². The van der Waals surface area contributed by atoms with Crippen molar-refractivity contribution in [2.75, 3.05) is 13.1 Å². The minimum atomic E-state index is 0.559. The molecule has 0 amide bonds. The summed E-state index contributed by atoms with van der Waals surface area (Å²) >= 11 is 1.81. The Labute approximate surface area is 146 Å². The number of piperidine rings is 1. The third-order valence-electron chi connectivity index (χ3n) is 4.95. The second-order valence-corrected chi connectivity index (χ2v) is 8.03. The first kappa shape index (κ1) is 15.7. The molecule has 126 valence electrons. The molecule has 1 saturated heterocycles. The molecule has 6 heteroatoms. The van der Waals surface area contributed by atoms with Crippen molar-refractivity contribution in [3.05, 3.63) is 39.6 Å². The van der Waals surface area contributed by atoms with E-state index in [9.17, 15) is 0 Å². The van der Waals surface area contributed by atoms with Crippen LogP contribution in [0.25, 0.3) is 11.0 Å². The van der Waals surface area contributed by atoms with Gasteiger partial charge in [-0.2, -0.15) is 5.10 Å². The van der Waals surface area contributed by atoms with Gasteiger partial charge in [-0.25, -0.2) is 9.97 Å². The lowest BCUT2D eigenvalue weighted by atomic mass is 9.93. The van der Waals surface area contributed by atoms with Crippen LogP contribution in [0.15, 0.2) is 18.3 Å². The molecule has 5 nitrogen and oxygen atoms in total. The standard InChI is InChI=1S/C18H23N5S/c1-12-16-4-5-17(20-18(16)22(3)21-12)14-6-8-23(9-7-14)11-15-10-19-13(2)24-15/h4-5,10,14H,6-9,11H2,1-3H3. The molecule has 1 fully saturated rings. The minimum absolute atomic E-state index is 0.559. The largest absolute Gasteiger partial charge is 0.298 e. The van der Waals surface area contributed by atoms with Crippen molar-refractivity contribution in [3.8, 4) is 0 Å². The van der Waals surface area contributed by atoms with Crippen molar-refractivity contribution in [3.63, 3.8) is 0 Å². The van der Waals surface area contributed by atoms with Crippen LogP contribution in [-0.4, -0.2) is 37.7 Å². The number of rotatable bonds is 3. The van der Waals surface area contributed by atoms with E-state index in [-0.39, 0.29) is 0 Å². The Balaban J connectivity index is 1.44. The number of nitrogens with zero attached hydrogens (tertiary/aromatic N) is 5. The number of fused-ring (bicyclic) bond motifs is 1. The summed E-state index contributed by atoms with van der Waals surface area (Å²) < 4.78 is 1.90. The molecular weight excluding hydrogens is 318 g/mol. The molecule has 0 unspecified atom stereocenters. The predicted molar refractivity (Wildman–Crippen MR) is 97.3 cm³/mol. The summed E-state index contributed by atoms with van der Waals surface area (Å²) in [5.74, 6) is 0.559. The Morgan fingerprint density at radius 3 is 2.71 bits per heavy atom. The second-order valence-electron chi connectivity index (χ2n) is 6.71. The van der Waals surface area contributed by atoms with Crippen molar-refractivity contribution >= 4 is 22.4 Å². The van der Waals surface area contributed by atoms with Gasteiger partial charge in [-0.05, 0) is 51.9 Å². The molecule has 0 atom stereocenters. The van der Waals surface area contributed by atoms with Gasteiger partial charge in [-0.15, -0.1) is 11.3 Å². The fourth-order valence-electron chi connectivity index (χ4n) is 3.63. The number of pyridine rings is 1. The number of aromatic nitrogens is 4. The van der Waals surface area contributed by atoms with Crippen LogP contribution in [0.5, 0.6) is 0 Å². The molecule has 4 rings (SSSR count). The molecule has 3 aromatic rings. The molecule has 0 radical (unpaired) electrons. The molecule has 0 N–H and O–H groups in total. The van der Waals surface area contributed by atoms with Gasteiger partial charge in [0.1, 0.15) is 0 Å². The highest BCUT2D eigenvalue weighted by Crippen LogP contribution is 2.29. The van der Waals surface area contributed by atoms with E-state index < -0.39 is 0 Å². The van der Waals surface area contributed by atoms with Crippen LogP contribution in [0.2, 0.25) is 0 Å². The van der Waals surface area contributed by atoms with E-state index in [1.807, 2.05) is 36.2 Å². The summed E-state index contributed by atoms with van der Waals surface area (Å²) in [4.78, 5) is 13.2. The van der Waals surface area contributed by atoms with Crippen LogP contribution < -0.4 is 0 Å². The quantitative estimate of drug-likeness (QED) is 0.732. The number of hydrogen-bond acceptors (Lipinski definition) is 5. The lowest BCUT2D eigenvalue weighted by Crippen LogP contribution is -2.32.